The number of hydrogen-bond acceptors (Lipinski definition) is 8. The summed E-state index contributed by atoms with van der Waals surface area (Å²) in [6.07, 6.45) is 4.36. The second kappa shape index (κ2) is 13.4. The number of carbonyl (C=O) groups excluding carboxylic acids is 2. The number of rotatable bonds is 8. The molecule has 2 aromatic heterocycles. The van der Waals surface area contributed by atoms with Crippen LogP contribution in [0.1, 0.15) is 64.0 Å². The number of fused-ring (bicyclic) bond motifs is 1. The van der Waals surface area contributed by atoms with Gasteiger partial charge in [-0.2, -0.15) is 0 Å². The summed E-state index contributed by atoms with van der Waals surface area (Å²) < 4.78 is 39.7. The minimum absolute atomic E-state index is 0.0456. The Kier molecular flexibility index (Phi) is 9.31. The van der Waals surface area contributed by atoms with Crippen molar-refractivity contribution in [1.29, 1.82) is 0 Å². The van der Waals surface area contributed by atoms with Crippen LogP contribution in [0.15, 0.2) is 60.9 Å². The van der Waals surface area contributed by atoms with Crippen LogP contribution < -0.4 is 10.1 Å². The van der Waals surface area contributed by atoms with Crippen LogP contribution in [0, 0.1) is 12.8 Å². The van der Waals surface area contributed by atoms with Crippen LogP contribution in [-0.2, 0) is 16.0 Å². The van der Waals surface area contributed by atoms with Gasteiger partial charge >= 0.3 is 6.09 Å². The number of pyridine rings is 1. The summed E-state index contributed by atoms with van der Waals surface area (Å²) in [5, 5.41) is 5.01. The molecule has 1 saturated carbocycles. The largest absolute Gasteiger partial charge is 0.444 e. The van der Waals surface area contributed by atoms with Gasteiger partial charge in [0.05, 0.1) is 11.3 Å². The summed E-state index contributed by atoms with van der Waals surface area (Å²) in [5.41, 5.74) is 2.34. The molecule has 2 atom stereocenters. The number of aryl methyl sites for hydroxylation is 1. The first-order valence-electron chi connectivity index (χ1n) is 16.5. The molecule has 3 heterocycles. The van der Waals surface area contributed by atoms with Gasteiger partial charge in [0.2, 0.25) is 17.8 Å². The van der Waals surface area contributed by atoms with Gasteiger partial charge in [-0.15, -0.1) is 0 Å². The van der Waals surface area contributed by atoms with Crippen molar-refractivity contribution in [3.63, 3.8) is 0 Å². The lowest BCUT2D eigenvalue weighted by Gasteiger charge is -2.34. The molecule has 2 aliphatic rings. The van der Waals surface area contributed by atoms with E-state index in [4.69, 9.17) is 14.5 Å². The van der Waals surface area contributed by atoms with E-state index in [1.54, 1.807) is 23.4 Å². The molecule has 2 fully saturated rings. The quantitative estimate of drug-likeness (QED) is 0.202. The van der Waals surface area contributed by atoms with Crippen LogP contribution in [0.5, 0.6) is 11.6 Å². The number of anilines is 1. The maximum absolute atomic E-state index is 13.8. The van der Waals surface area contributed by atoms with Crippen LogP contribution in [0.4, 0.5) is 19.5 Å². The molecule has 1 unspecified atom stereocenters. The van der Waals surface area contributed by atoms with Crippen molar-refractivity contribution in [2.45, 2.75) is 83.8 Å². The zero-order chi connectivity index (χ0) is 34.1. The van der Waals surface area contributed by atoms with E-state index in [1.807, 2.05) is 70.2 Å². The number of Topliss-reactive ketones (excluding diaryl/α,β-unsaturated/α-hetero) is 1. The average Bonchev–Trinajstić information content (AvgIpc) is 3.42. The third-order valence-corrected chi connectivity index (χ3v) is 8.83. The minimum Gasteiger partial charge on any atom is -0.444 e. The number of ether oxygens (including phenoxy) is 2. The van der Waals surface area contributed by atoms with Gasteiger partial charge in [-0.25, -0.2) is 28.5 Å². The number of alkyl halides is 2. The van der Waals surface area contributed by atoms with E-state index in [9.17, 15) is 18.4 Å². The molecule has 0 spiro atoms. The smallest absolute Gasteiger partial charge is 0.410 e. The molecule has 252 valence electrons. The zero-order valence-corrected chi connectivity index (χ0v) is 27.8. The molecule has 1 aliphatic heterocycles. The number of benzene rings is 2. The van der Waals surface area contributed by atoms with E-state index in [0.29, 0.717) is 41.9 Å². The number of aromatic nitrogens is 3. The Morgan fingerprint density at radius 2 is 1.85 bits per heavy atom. The molecule has 4 aromatic rings. The molecule has 1 amide bonds. The Hall–Kier alpha value is -4.67. The summed E-state index contributed by atoms with van der Waals surface area (Å²) in [4.78, 5) is 41.2. The highest BCUT2D eigenvalue weighted by atomic mass is 19.3. The van der Waals surface area contributed by atoms with Crippen molar-refractivity contribution >= 4 is 28.6 Å². The monoisotopic (exact) mass is 657 g/mol. The third kappa shape index (κ3) is 7.72. The predicted octanol–water partition coefficient (Wildman–Crippen LogP) is 8.15. The number of ketones is 1. The molecule has 0 radical (unpaired) electrons. The standard InChI is InChI=1S/C37H41F2N5O4/c1-23-12-13-27-24(20-31(45)25-14-16-37(38,39)21-25)8-5-10-28(27)32(23)47-33-29(11-6-17-40-33)30-15-18-41-34(43-30)42-26-9-7-19-44(22-26)35(46)48-36(2,3)4/h5-6,8,10-13,15,17-18,25-26H,7,9,14,16,19-22H2,1-4H3,(H,41,42,43)/t25?,26-/m0/s1. The fraction of sp³-hybridized carbons (Fsp3) is 0.432. The number of nitrogens with zero attached hydrogens (tertiary/aromatic N) is 4. The SMILES string of the molecule is Cc1ccc2c(CC(=O)C3CCC(F)(F)C3)cccc2c1Oc1ncccc1-c1ccnc(N[C@H]2CCCN(C(=O)OC(C)(C)C)C2)n1. The molecule has 6 rings (SSSR count). The van der Waals surface area contributed by atoms with Crippen molar-refractivity contribution in [3.8, 4) is 22.9 Å². The second-order valence-electron chi connectivity index (χ2n) is 13.8. The van der Waals surface area contributed by atoms with E-state index in [0.717, 1.165) is 34.7 Å². The number of carbonyl (C=O) groups is 2. The summed E-state index contributed by atoms with van der Waals surface area (Å²) in [7, 11) is 0. The maximum atomic E-state index is 13.8. The highest BCUT2D eigenvalue weighted by Gasteiger charge is 2.42. The highest BCUT2D eigenvalue weighted by molar-refractivity contribution is 5.96. The number of piperidine rings is 1. The first-order valence-corrected chi connectivity index (χ1v) is 16.5. The Bertz CT molecular complexity index is 1830. The number of halogens is 2. The summed E-state index contributed by atoms with van der Waals surface area (Å²) in [5.74, 6) is -2.19. The Morgan fingerprint density at radius 1 is 1.02 bits per heavy atom. The van der Waals surface area contributed by atoms with Crippen LogP contribution in [0.3, 0.4) is 0 Å². The molecular formula is C37H41F2N5O4. The lowest BCUT2D eigenvalue weighted by atomic mass is 9.93. The summed E-state index contributed by atoms with van der Waals surface area (Å²) in [6.45, 7) is 8.61. The average molecular weight is 658 g/mol. The molecule has 11 heteroatoms. The fourth-order valence-electron chi connectivity index (χ4n) is 6.46. The van der Waals surface area contributed by atoms with Gasteiger partial charge in [0, 0.05) is 62.1 Å². The Balaban J connectivity index is 1.22. The molecule has 1 N–H and O–H groups in total. The number of nitrogens with one attached hydrogen (secondary N) is 1. The third-order valence-electron chi connectivity index (χ3n) is 8.83. The van der Waals surface area contributed by atoms with Crippen LogP contribution in [0.2, 0.25) is 0 Å². The number of amides is 1. The Morgan fingerprint density at radius 3 is 2.62 bits per heavy atom. The lowest BCUT2D eigenvalue weighted by molar-refractivity contribution is -0.123. The Labute approximate surface area is 279 Å². The van der Waals surface area contributed by atoms with Gasteiger partial charge in [0.15, 0.2) is 0 Å². The van der Waals surface area contributed by atoms with Gasteiger partial charge < -0.3 is 19.7 Å². The first-order chi connectivity index (χ1) is 22.8. The molecule has 1 saturated heterocycles. The molecule has 48 heavy (non-hydrogen) atoms. The number of likely N-dealkylation sites (tertiary alicyclic amines) is 1. The van der Waals surface area contributed by atoms with Crippen LogP contribution in [-0.4, -0.2) is 62.4 Å². The maximum Gasteiger partial charge on any atom is 0.410 e. The second-order valence-corrected chi connectivity index (χ2v) is 13.8. The van der Waals surface area contributed by atoms with E-state index in [-0.39, 0.29) is 43.6 Å². The van der Waals surface area contributed by atoms with Gasteiger partial charge in [-0.1, -0.05) is 30.3 Å². The summed E-state index contributed by atoms with van der Waals surface area (Å²) >= 11 is 0. The minimum atomic E-state index is -2.77. The van der Waals surface area contributed by atoms with Gasteiger partial charge in [0.1, 0.15) is 17.1 Å². The first kappa shape index (κ1) is 33.2. The summed E-state index contributed by atoms with van der Waals surface area (Å²) in [6, 6.07) is 14.9. The van der Waals surface area contributed by atoms with Gasteiger partial charge in [0.25, 0.3) is 0 Å². The molecule has 0 bridgehead atoms. The zero-order valence-electron chi connectivity index (χ0n) is 27.8. The topological polar surface area (TPSA) is 107 Å². The normalized spacial score (nSPS) is 19.2. The van der Waals surface area contributed by atoms with Gasteiger partial charge in [-0.3, -0.25) is 4.79 Å². The molecule has 2 aromatic carbocycles. The van der Waals surface area contributed by atoms with Crippen molar-refractivity contribution in [1.82, 2.24) is 19.9 Å². The van der Waals surface area contributed by atoms with E-state index in [2.05, 4.69) is 15.3 Å². The van der Waals surface area contributed by atoms with Crippen molar-refractivity contribution in [2.75, 3.05) is 18.4 Å². The van der Waals surface area contributed by atoms with Gasteiger partial charge in [-0.05, 0) is 81.7 Å². The van der Waals surface area contributed by atoms with Crippen LogP contribution >= 0.6 is 0 Å². The van der Waals surface area contributed by atoms with E-state index < -0.39 is 17.4 Å². The lowest BCUT2D eigenvalue weighted by Crippen LogP contribution is -2.47. The fourth-order valence-corrected chi connectivity index (χ4v) is 6.46. The van der Waals surface area contributed by atoms with Crippen molar-refractivity contribution < 1.29 is 27.8 Å². The van der Waals surface area contributed by atoms with E-state index >= 15 is 0 Å². The highest BCUT2D eigenvalue weighted by Crippen LogP contribution is 2.41. The molecule has 1 aliphatic carbocycles. The van der Waals surface area contributed by atoms with Crippen molar-refractivity contribution in [2.24, 2.45) is 5.92 Å². The predicted molar refractivity (Wildman–Crippen MR) is 179 cm³/mol. The molecular weight excluding hydrogens is 616 g/mol. The molecule has 9 nitrogen and oxygen atoms in total. The van der Waals surface area contributed by atoms with Crippen LogP contribution in [0.25, 0.3) is 22.0 Å². The number of hydrogen-bond donors (Lipinski definition) is 1. The van der Waals surface area contributed by atoms with Crippen molar-refractivity contribution in [3.05, 3.63) is 72.1 Å². The van der Waals surface area contributed by atoms with E-state index in [1.165, 1.54) is 0 Å².